The molecule has 7 heteroatoms. The van der Waals surface area contributed by atoms with Crippen molar-refractivity contribution in [1.82, 2.24) is 10.3 Å². The maximum Gasteiger partial charge on any atom is 0.225 e. The van der Waals surface area contributed by atoms with Gasteiger partial charge in [0.25, 0.3) is 0 Å². The highest BCUT2D eigenvalue weighted by Crippen LogP contribution is 2.47. The number of carbonyl (C=O) groups excluding carboxylic acids is 1. The number of fused-ring (bicyclic) bond motifs is 2. The second-order valence-electron chi connectivity index (χ2n) is 7.37. The molecule has 4 unspecified atom stereocenters. The molecular formula is C18H28Cl2N4O. The summed E-state index contributed by atoms with van der Waals surface area (Å²) >= 11 is 0. The van der Waals surface area contributed by atoms with Crippen molar-refractivity contribution in [2.75, 3.05) is 18.0 Å². The van der Waals surface area contributed by atoms with Crippen molar-refractivity contribution in [3.8, 4) is 0 Å². The van der Waals surface area contributed by atoms with Gasteiger partial charge < -0.3 is 16.0 Å². The second kappa shape index (κ2) is 8.56. The lowest BCUT2D eigenvalue weighted by atomic mass is 9.84. The summed E-state index contributed by atoms with van der Waals surface area (Å²) in [6, 6.07) is 4.15. The number of nitrogens with one attached hydrogen (secondary N) is 1. The highest BCUT2D eigenvalue weighted by molar-refractivity contribution is 5.85. The average molecular weight is 387 g/mol. The summed E-state index contributed by atoms with van der Waals surface area (Å²) < 4.78 is 0. The maximum absolute atomic E-state index is 12.5. The predicted octanol–water partition coefficient (Wildman–Crippen LogP) is 2.52. The molecule has 2 heterocycles. The van der Waals surface area contributed by atoms with Crippen molar-refractivity contribution in [2.24, 2.45) is 23.5 Å². The van der Waals surface area contributed by atoms with Crippen LogP contribution in [-0.2, 0) is 11.3 Å². The third kappa shape index (κ3) is 4.04. The topological polar surface area (TPSA) is 71.2 Å². The number of pyridine rings is 1. The minimum Gasteiger partial charge on any atom is -0.357 e. The van der Waals surface area contributed by atoms with Crippen LogP contribution in [0.25, 0.3) is 0 Å². The normalized spacial score (nSPS) is 29.9. The van der Waals surface area contributed by atoms with E-state index in [1.807, 2.05) is 12.3 Å². The van der Waals surface area contributed by atoms with Crippen molar-refractivity contribution in [3.05, 3.63) is 23.9 Å². The van der Waals surface area contributed by atoms with Crippen LogP contribution in [0.3, 0.4) is 0 Å². The van der Waals surface area contributed by atoms with Gasteiger partial charge >= 0.3 is 0 Å². The highest BCUT2D eigenvalue weighted by atomic mass is 35.5. The fraction of sp³-hybridized carbons (Fsp3) is 0.667. The SMILES string of the molecule is Cl.Cl.NC1C2CCC(C2)C1C(=O)NCc1ccnc(N2CCCC2)c1. The van der Waals surface area contributed by atoms with Gasteiger partial charge in [-0.2, -0.15) is 0 Å². The number of rotatable bonds is 4. The standard InChI is InChI=1S/C18H26N4O.2ClH/c19-17-14-4-3-13(10-14)16(17)18(23)21-11-12-5-6-20-15(9-12)22-7-1-2-8-22;;/h5-6,9,13-14,16-17H,1-4,7-8,10-11,19H2,(H,21,23);2*1H. The van der Waals surface area contributed by atoms with E-state index < -0.39 is 0 Å². The van der Waals surface area contributed by atoms with Gasteiger partial charge in [-0.15, -0.1) is 24.8 Å². The Balaban J connectivity index is 0.00000113. The van der Waals surface area contributed by atoms with E-state index in [2.05, 4.69) is 21.3 Å². The lowest BCUT2D eigenvalue weighted by molar-refractivity contribution is -0.127. The molecule has 1 aromatic heterocycles. The number of hydrogen-bond acceptors (Lipinski definition) is 4. The molecule has 0 radical (unpaired) electrons. The molecule has 1 aromatic rings. The Hall–Kier alpha value is -1.04. The first-order chi connectivity index (χ1) is 11.2. The summed E-state index contributed by atoms with van der Waals surface area (Å²) in [5.74, 6) is 2.27. The third-order valence-corrected chi connectivity index (χ3v) is 5.99. The molecule has 0 spiro atoms. The van der Waals surface area contributed by atoms with Crippen molar-refractivity contribution in [2.45, 2.75) is 44.7 Å². The summed E-state index contributed by atoms with van der Waals surface area (Å²) in [5.41, 5.74) is 7.38. The van der Waals surface area contributed by atoms with E-state index in [0.717, 1.165) is 30.9 Å². The number of amides is 1. The minimum atomic E-state index is 0. The van der Waals surface area contributed by atoms with Crippen LogP contribution in [0.1, 0.15) is 37.7 Å². The number of hydrogen-bond donors (Lipinski definition) is 2. The van der Waals surface area contributed by atoms with Gasteiger partial charge in [-0.25, -0.2) is 4.98 Å². The van der Waals surface area contributed by atoms with Crippen molar-refractivity contribution in [1.29, 1.82) is 0 Å². The van der Waals surface area contributed by atoms with Gasteiger partial charge in [0.05, 0.1) is 5.92 Å². The molecule has 25 heavy (non-hydrogen) atoms. The number of carbonyl (C=O) groups is 1. The fourth-order valence-corrected chi connectivity index (χ4v) is 4.72. The Kier molecular flexibility index (Phi) is 6.94. The van der Waals surface area contributed by atoms with Crippen LogP contribution in [0, 0.1) is 17.8 Å². The molecule has 1 aliphatic heterocycles. The average Bonchev–Trinajstić information content (AvgIpc) is 3.30. The Bertz CT molecular complexity index is 592. The number of nitrogens with two attached hydrogens (primary N) is 1. The highest BCUT2D eigenvalue weighted by Gasteiger charge is 2.48. The summed E-state index contributed by atoms with van der Waals surface area (Å²) in [6.45, 7) is 2.74. The van der Waals surface area contributed by atoms with Crippen LogP contribution in [0.2, 0.25) is 0 Å². The fourth-order valence-electron chi connectivity index (χ4n) is 4.72. The molecule has 4 atom stereocenters. The van der Waals surface area contributed by atoms with E-state index in [1.165, 1.54) is 25.7 Å². The molecule has 2 aliphatic carbocycles. The molecule has 3 fully saturated rings. The number of halogens is 2. The maximum atomic E-state index is 12.5. The molecule has 140 valence electrons. The van der Waals surface area contributed by atoms with Crippen LogP contribution in [0.4, 0.5) is 5.82 Å². The first-order valence-corrected chi connectivity index (χ1v) is 8.95. The van der Waals surface area contributed by atoms with Gasteiger partial charge in [0.1, 0.15) is 5.82 Å². The van der Waals surface area contributed by atoms with Crippen LogP contribution in [-0.4, -0.2) is 30.0 Å². The Morgan fingerprint density at radius 3 is 2.64 bits per heavy atom. The second-order valence-corrected chi connectivity index (χ2v) is 7.37. The Morgan fingerprint density at radius 2 is 1.96 bits per heavy atom. The van der Waals surface area contributed by atoms with Gasteiger partial charge in [0, 0.05) is 31.9 Å². The molecule has 0 aromatic carbocycles. The lowest BCUT2D eigenvalue weighted by Crippen LogP contribution is -2.45. The number of anilines is 1. The van der Waals surface area contributed by atoms with E-state index in [4.69, 9.17) is 5.73 Å². The summed E-state index contributed by atoms with van der Waals surface area (Å²) in [7, 11) is 0. The van der Waals surface area contributed by atoms with Crippen LogP contribution >= 0.6 is 24.8 Å². The Morgan fingerprint density at radius 1 is 1.24 bits per heavy atom. The van der Waals surface area contributed by atoms with Gasteiger partial charge in [-0.3, -0.25) is 4.79 Å². The molecule has 3 aliphatic rings. The van der Waals surface area contributed by atoms with E-state index in [9.17, 15) is 4.79 Å². The molecule has 2 bridgehead atoms. The van der Waals surface area contributed by atoms with Crippen molar-refractivity contribution < 1.29 is 4.79 Å². The van der Waals surface area contributed by atoms with Gasteiger partial charge in [0.2, 0.25) is 5.91 Å². The largest absolute Gasteiger partial charge is 0.357 e. The molecule has 3 N–H and O–H groups in total. The zero-order chi connectivity index (χ0) is 15.8. The molecule has 5 nitrogen and oxygen atoms in total. The van der Waals surface area contributed by atoms with Gasteiger partial charge in [0.15, 0.2) is 0 Å². The molecule has 1 saturated heterocycles. The monoisotopic (exact) mass is 386 g/mol. The summed E-state index contributed by atoms with van der Waals surface area (Å²) in [6.07, 6.45) is 7.85. The van der Waals surface area contributed by atoms with E-state index in [1.54, 1.807) is 0 Å². The van der Waals surface area contributed by atoms with Gasteiger partial charge in [-0.05, 0) is 61.6 Å². The Labute approximate surface area is 161 Å². The number of nitrogens with zero attached hydrogens (tertiary/aromatic N) is 2. The minimum absolute atomic E-state index is 0. The zero-order valence-corrected chi connectivity index (χ0v) is 16.0. The first-order valence-electron chi connectivity index (χ1n) is 8.95. The van der Waals surface area contributed by atoms with Crippen LogP contribution < -0.4 is 16.0 Å². The lowest BCUT2D eigenvalue weighted by Gasteiger charge is -2.27. The van der Waals surface area contributed by atoms with Crippen molar-refractivity contribution >= 4 is 36.5 Å². The quantitative estimate of drug-likeness (QED) is 0.833. The molecule has 2 saturated carbocycles. The van der Waals surface area contributed by atoms with Gasteiger partial charge in [-0.1, -0.05) is 0 Å². The third-order valence-electron chi connectivity index (χ3n) is 5.99. The zero-order valence-electron chi connectivity index (χ0n) is 14.4. The smallest absolute Gasteiger partial charge is 0.225 e. The van der Waals surface area contributed by atoms with E-state index >= 15 is 0 Å². The van der Waals surface area contributed by atoms with E-state index in [-0.39, 0.29) is 42.7 Å². The van der Waals surface area contributed by atoms with Crippen LogP contribution in [0.15, 0.2) is 18.3 Å². The predicted molar refractivity (Wildman–Crippen MR) is 104 cm³/mol. The first kappa shape index (κ1) is 20.3. The van der Waals surface area contributed by atoms with Crippen LogP contribution in [0.5, 0.6) is 0 Å². The molecular weight excluding hydrogens is 359 g/mol. The van der Waals surface area contributed by atoms with Crippen molar-refractivity contribution in [3.63, 3.8) is 0 Å². The number of aromatic nitrogens is 1. The van der Waals surface area contributed by atoms with E-state index in [0.29, 0.717) is 18.4 Å². The summed E-state index contributed by atoms with van der Waals surface area (Å²) in [4.78, 5) is 19.3. The molecule has 1 amide bonds. The molecule has 4 rings (SSSR count). The summed E-state index contributed by atoms with van der Waals surface area (Å²) in [5, 5.41) is 3.11.